The van der Waals surface area contributed by atoms with Gasteiger partial charge >= 0.3 is 0 Å². The molecule has 5 heterocycles. The zero-order valence-corrected chi connectivity index (χ0v) is 42.4. The van der Waals surface area contributed by atoms with Gasteiger partial charge in [0.15, 0.2) is 12.6 Å². The first-order valence-electron chi connectivity index (χ1n) is 24.6. The summed E-state index contributed by atoms with van der Waals surface area (Å²) in [7, 11) is 0. The molecule has 0 saturated heterocycles. The van der Waals surface area contributed by atoms with Crippen LogP contribution in [0.15, 0.2) is 36.4 Å². The van der Waals surface area contributed by atoms with Crippen molar-refractivity contribution in [2.45, 2.75) is 207 Å². The van der Waals surface area contributed by atoms with Crippen LogP contribution >= 0.6 is 56.7 Å². The van der Waals surface area contributed by atoms with Crippen LogP contribution in [0.4, 0.5) is 0 Å². The minimum absolute atomic E-state index is 0.856. The molecule has 0 aromatic carbocycles. The molecule has 5 aromatic rings. The van der Waals surface area contributed by atoms with Crippen molar-refractivity contribution < 1.29 is 9.59 Å². The lowest BCUT2D eigenvalue weighted by molar-refractivity contribution is 0.111. The third-order valence-corrected chi connectivity index (χ3v) is 18.6. The van der Waals surface area contributed by atoms with Gasteiger partial charge in [0.2, 0.25) is 0 Å². The number of hydrogen-bond donors (Lipinski definition) is 0. The molecule has 0 fully saturated rings. The molecule has 0 aliphatic rings. The fourth-order valence-electron chi connectivity index (χ4n) is 8.64. The van der Waals surface area contributed by atoms with Crippen molar-refractivity contribution in [3.05, 3.63) is 68.4 Å². The molecular formula is C54H76O2S5. The Kier molecular flexibility index (Phi) is 23.4. The van der Waals surface area contributed by atoms with Crippen molar-refractivity contribution in [1.29, 1.82) is 0 Å². The Morgan fingerprint density at radius 2 is 0.607 bits per heavy atom. The summed E-state index contributed by atoms with van der Waals surface area (Å²) >= 11 is 9.29. The number of aldehydes is 2. The van der Waals surface area contributed by atoms with Crippen LogP contribution in [0.25, 0.3) is 39.0 Å². The van der Waals surface area contributed by atoms with E-state index in [1.54, 1.807) is 22.7 Å². The van der Waals surface area contributed by atoms with E-state index < -0.39 is 0 Å². The summed E-state index contributed by atoms with van der Waals surface area (Å²) in [5.74, 6) is 0. The molecule has 0 spiro atoms. The molecule has 334 valence electrons. The fourth-order valence-corrected chi connectivity index (χ4v) is 14.7. The first-order chi connectivity index (χ1) is 30.0. The molecule has 0 aliphatic heterocycles. The van der Waals surface area contributed by atoms with Crippen LogP contribution in [0, 0.1) is 0 Å². The number of hydrogen-bond acceptors (Lipinski definition) is 7. The molecular weight excluding hydrogens is 841 g/mol. The molecule has 2 nitrogen and oxygen atoms in total. The molecule has 0 radical (unpaired) electrons. The maximum absolute atomic E-state index is 12.1. The summed E-state index contributed by atoms with van der Waals surface area (Å²) in [6.45, 7) is 9.15. The van der Waals surface area contributed by atoms with Gasteiger partial charge in [0.25, 0.3) is 0 Å². The van der Waals surface area contributed by atoms with Crippen LogP contribution < -0.4 is 0 Å². The number of carbonyl (C=O) groups excluding carboxylic acids is 2. The lowest BCUT2D eigenvalue weighted by atomic mass is 10.0. The summed E-state index contributed by atoms with van der Waals surface area (Å²) in [4.78, 5) is 36.8. The summed E-state index contributed by atoms with van der Waals surface area (Å²) in [6, 6.07) is 14.2. The molecule has 0 atom stereocenters. The number of thiophene rings is 5. The summed E-state index contributed by atoms with van der Waals surface area (Å²) in [6.07, 6.45) is 37.4. The molecule has 0 saturated carbocycles. The average molecular weight is 918 g/mol. The maximum atomic E-state index is 12.1. The van der Waals surface area contributed by atoms with Crippen molar-refractivity contribution >= 4 is 69.3 Å². The van der Waals surface area contributed by atoms with E-state index in [4.69, 9.17) is 0 Å². The Morgan fingerprint density at radius 3 is 0.918 bits per heavy atom. The second-order valence-corrected chi connectivity index (χ2v) is 22.8. The van der Waals surface area contributed by atoms with Gasteiger partial charge in [0, 0.05) is 39.0 Å². The van der Waals surface area contributed by atoms with Gasteiger partial charge in [-0.2, -0.15) is 0 Å². The molecule has 61 heavy (non-hydrogen) atoms. The lowest BCUT2D eigenvalue weighted by Gasteiger charge is -2.04. The van der Waals surface area contributed by atoms with E-state index in [9.17, 15) is 9.59 Å². The van der Waals surface area contributed by atoms with Crippen LogP contribution in [-0.2, 0) is 25.7 Å². The normalized spacial score (nSPS) is 11.6. The third kappa shape index (κ3) is 15.8. The van der Waals surface area contributed by atoms with E-state index in [1.807, 2.05) is 34.0 Å². The van der Waals surface area contributed by atoms with Crippen molar-refractivity contribution in [3.8, 4) is 39.0 Å². The molecule has 5 aromatic heterocycles. The van der Waals surface area contributed by atoms with Crippen LogP contribution in [0.1, 0.15) is 223 Å². The van der Waals surface area contributed by atoms with Crippen molar-refractivity contribution in [2.75, 3.05) is 0 Å². The average Bonchev–Trinajstić information content (AvgIpc) is 4.13. The molecule has 0 N–H and O–H groups in total. The number of aryl methyl sites for hydroxylation is 4. The van der Waals surface area contributed by atoms with E-state index in [2.05, 4.69) is 64.1 Å². The van der Waals surface area contributed by atoms with E-state index >= 15 is 0 Å². The summed E-state index contributed by atoms with van der Waals surface area (Å²) < 4.78 is 0. The van der Waals surface area contributed by atoms with E-state index in [-0.39, 0.29) is 0 Å². The van der Waals surface area contributed by atoms with E-state index in [0.29, 0.717) is 0 Å². The van der Waals surface area contributed by atoms with E-state index in [1.165, 1.54) is 215 Å². The monoisotopic (exact) mass is 916 g/mol. The Hall–Kier alpha value is -2.16. The van der Waals surface area contributed by atoms with Gasteiger partial charge in [-0.1, -0.05) is 156 Å². The number of unbranched alkanes of at least 4 members (excludes halogenated alkanes) is 20. The topological polar surface area (TPSA) is 34.1 Å². The van der Waals surface area contributed by atoms with Crippen LogP contribution in [0.3, 0.4) is 0 Å². The molecule has 5 rings (SSSR count). The first-order valence-corrected chi connectivity index (χ1v) is 28.6. The highest BCUT2D eigenvalue weighted by Crippen LogP contribution is 2.49. The quantitative estimate of drug-likeness (QED) is 0.0304. The SMILES string of the molecule is CCCCCCCCc1cc(C=O)sc1-c1cc(CCCCCCCC)c(-c2ccc(-c3sc(-c4sc(C=O)cc4CCCCCCCC)cc3CCCCCCCC)s2)s1. The predicted octanol–water partition coefficient (Wildman–Crippen LogP) is 19.9. The van der Waals surface area contributed by atoms with Gasteiger partial charge in [-0.05, 0) is 110 Å². The van der Waals surface area contributed by atoms with Crippen LogP contribution in [0.2, 0.25) is 0 Å². The van der Waals surface area contributed by atoms with E-state index in [0.717, 1.165) is 48.0 Å². The van der Waals surface area contributed by atoms with Gasteiger partial charge in [0.05, 0.1) is 9.75 Å². The standard InChI is InChI=1S/C54H76O2S5/c1-5-9-13-17-21-25-29-41-35-45(39-55)57-53(41)49-37-43(31-27-23-19-15-11-7-3)51(60-49)47-33-34-48(59-47)52-44(32-28-24-20-16-12-8-4)38-50(61-52)54-42(36-46(40-56)58-54)30-26-22-18-14-10-6-2/h33-40H,5-32H2,1-4H3. The maximum Gasteiger partial charge on any atom is 0.160 e. The molecule has 0 amide bonds. The number of carbonyl (C=O) groups is 2. The van der Waals surface area contributed by atoms with Gasteiger partial charge < -0.3 is 0 Å². The van der Waals surface area contributed by atoms with Gasteiger partial charge in [-0.3, -0.25) is 9.59 Å². The Morgan fingerprint density at radius 1 is 0.328 bits per heavy atom. The second kappa shape index (κ2) is 28.6. The Balaban J connectivity index is 1.45. The zero-order chi connectivity index (χ0) is 43.1. The molecule has 7 heteroatoms. The van der Waals surface area contributed by atoms with Gasteiger partial charge in [-0.15, -0.1) is 56.7 Å². The highest BCUT2D eigenvalue weighted by Gasteiger charge is 2.22. The lowest BCUT2D eigenvalue weighted by Crippen LogP contribution is -1.87. The third-order valence-electron chi connectivity index (χ3n) is 12.2. The summed E-state index contributed by atoms with van der Waals surface area (Å²) in [5, 5.41) is 0. The Bertz CT molecular complexity index is 1840. The van der Waals surface area contributed by atoms with Crippen molar-refractivity contribution in [1.82, 2.24) is 0 Å². The van der Waals surface area contributed by atoms with Crippen LogP contribution in [-0.4, -0.2) is 12.6 Å². The molecule has 0 aliphatic carbocycles. The predicted molar refractivity (Wildman–Crippen MR) is 277 cm³/mol. The van der Waals surface area contributed by atoms with Gasteiger partial charge in [-0.25, -0.2) is 0 Å². The number of rotatable bonds is 34. The van der Waals surface area contributed by atoms with Crippen LogP contribution in [0.5, 0.6) is 0 Å². The molecule has 0 bridgehead atoms. The zero-order valence-electron chi connectivity index (χ0n) is 38.3. The summed E-state index contributed by atoms with van der Waals surface area (Å²) in [5.41, 5.74) is 5.69. The highest BCUT2D eigenvalue weighted by atomic mass is 32.1. The minimum atomic E-state index is 0.856. The highest BCUT2D eigenvalue weighted by molar-refractivity contribution is 7.30. The van der Waals surface area contributed by atoms with Gasteiger partial charge in [0.1, 0.15) is 0 Å². The Labute approximate surface area is 391 Å². The molecule has 0 unspecified atom stereocenters. The second-order valence-electron chi connectivity index (χ2n) is 17.4. The van der Waals surface area contributed by atoms with Crippen molar-refractivity contribution in [2.24, 2.45) is 0 Å². The minimum Gasteiger partial charge on any atom is -0.297 e. The fraction of sp³-hybridized carbons (Fsp3) is 0.593. The first kappa shape index (κ1) is 49.8. The largest absolute Gasteiger partial charge is 0.297 e. The smallest absolute Gasteiger partial charge is 0.160 e. The van der Waals surface area contributed by atoms with Crippen molar-refractivity contribution in [3.63, 3.8) is 0 Å².